The van der Waals surface area contributed by atoms with Gasteiger partial charge in [-0.05, 0) is 18.2 Å². The molecule has 1 aliphatic rings. The lowest BCUT2D eigenvalue weighted by molar-refractivity contribution is -0.117. The summed E-state index contributed by atoms with van der Waals surface area (Å²) in [5, 5.41) is 2.56. The first-order chi connectivity index (χ1) is 8.60. The van der Waals surface area contributed by atoms with E-state index < -0.39 is 11.9 Å². The van der Waals surface area contributed by atoms with Gasteiger partial charge in [0.1, 0.15) is 5.82 Å². The molecule has 1 aromatic carbocycles. The molecule has 1 fully saturated rings. The van der Waals surface area contributed by atoms with Crippen molar-refractivity contribution in [1.29, 1.82) is 0 Å². The molecular weight excluding hydrogens is 239 g/mol. The van der Waals surface area contributed by atoms with Crippen LogP contribution in [0.4, 0.5) is 14.9 Å². The lowest BCUT2D eigenvalue weighted by atomic mass is 10.3. The maximum absolute atomic E-state index is 13.1. The summed E-state index contributed by atoms with van der Waals surface area (Å²) in [5.74, 6) is -0.549. The molecule has 0 aromatic heterocycles. The topological polar surface area (TPSA) is 58.6 Å². The molecule has 0 spiro atoms. The number of nitrogens with zero attached hydrogens (tertiary/aromatic N) is 1. The molecule has 1 aliphatic heterocycles. The van der Waals surface area contributed by atoms with Gasteiger partial charge in [-0.15, -0.1) is 0 Å². The summed E-state index contributed by atoms with van der Waals surface area (Å²) >= 11 is 0. The molecule has 96 valence electrons. The van der Waals surface area contributed by atoms with Crippen molar-refractivity contribution in [2.24, 2.45) is 0 Å². The summed E-state index contributed by atoms with van der Waals surface area (Å²) in [6.45, 7) is 0.317. The first kappa shape index (κ1) is 12.3. The normalized spacial score (nSPS) is 18.9. The van der Waals surface area contributed by atoms with E-state index in [-0.39, 0.29) is 18.4 Å². The molecule has 0 aliphatic carbocycles. The molecule has 0 bridgehead atoms. The second kappa shape index (κ2) is 5.03. The van der Waals surface area contributed by atoms with E-state index in [0.717, 1.165) is 0 Å². The Labute approximate surface area is 104 Å². The van der Waals surface area contributed by atoms with Crippen molar-refractivity contribution >= 4 is 17.7 Å². The van der Waals surface area contributed by atoms with Gasteiger partial charge in [0, 0.05) is 18.7 Å². The number of carbonyl (C=O) groups is 2. The Balaban J connectivity index is 2.08. The molecule has 1 heterocycles. The highest BCUT2D eigenvalue weighted by atomic mass is 19.1. The molecule has 0 unspecified atom stereocenters. The molecule has 1 N–H and O–H groups in total. The highest BCUT2D eigenvalue weighted by molar-refractivity contribution is 5.96. The molecule has 0 saturated carbocycles. The van der Waals surface area contributed by atoms with Gasteiger partial charge in [-0.1, -0.05) is 6.07 Å². The van der Waals surface area contributed by atoms with E-state index in [0.29, 0.717) is 12.2 Å². The zero-order valence-electron chi connectivity index (χ0n) is 9.85. The van der Waals surface area contributed by atoms with Crippen molar-refractivity contribution in [2.45, 2.75) is 12.5 Å². The van der Waals surface area contributed by atoms with Gasteiger partial charge in [0.25, 0.3) is 0 Å². The van der Waals surface area contributed by atoms with Crippen LogP contribution < -0.4 is 10.2 Å². The first-order valence-corrected chi connectivity index (χ1v) is 5.50. The molecule has 0 radical (unpaired) electrons. The molecule has 2 rings (SSSR count). The Hall–Kier alpha value is -2.11. The van der Waals surface area contributed by atoms with Crippen LogP contribution >= 0.6 is 0 Å². The van der Waals surface area contributed by atoms with E-state index in [4.69, 9.17) is 0 Å². The number of hydrogen-bond donors (Lipinski definition) is 1. The number of benzene rings is 1. The summed E-state index contributed by atoms with van der Waals surface area (Å²) in [6, 6.07) is 5.49. The number of amides is 2. The average molecular weight is 252 g/mol. The fourth-order valence-electron chi connectivity index (χ4n) is 1.92. The smallest absolute Gasteiger partial charge is 0.407 e. The predicted molar refractivity (Wildman–Crippen MR) is 62.7 cm³/mol. The minimum absolute atomic E-state index is 0.151. The van der Waals surface area contributed by atoms with E-state index >= 15 is 0 Å². The number of anilines is 1. The summed E-state index contributed by atoms with van der Waals surface area (Å²) in [5.41, 5.74) is 0.495. The summed E-state index contributed by atoms with van der Waals surface area (Å²) in [7, 11) is 1.26. The number of carbonyl (C=O) groups excluding carboxylic acids is 2. The van der Waals surface area contributed by atoms with Crippen molar-refractivity contribution in [2.75, 3.05) is 18.6 Å². The average Bonchev–Trinajstić information content (AvgIpc) is 2.70. The van der Waals surface area contributed by atoms with Crippen molar-refractivity contribution in [3.8, 4) is 0 Å². The molecule has 18 heavy (non-hydrogen) atoms. The molecule has 6 heteroatoms. The van der Waals surface area contributed by atoms with Crippen LogP contribution in [0.1, 0.15) is 6.42 Å². The minimum atomic E-state index is -0.575. The highest BCUT2D eigenvalue weighted by Gasteiger charge is 2.31. The van der Waals surface area contributed by atoms with Crippen LogP contribution in [0.15, 0.2) is 24.3 Å². The Morgan fingerprint density at radius 2 is 2.33 bits per heavy atom. The second-order valence-corrected chi connectivity index (χ2v) is 4.02. The van der Waals surface area contributed by atoms with E-state index in [1.807, 2.05) is 0 Å². The number of rotatable bonds is 2. The number of nitrogens with one attached hydrogen (secondary N) is 1. The van der Waals surface area contributed by atoms with E-state index in [1.165, 1.54) is 24.1 Å². The van der Waals surface area contributed by atoms with Crippen molar-refractivity contribution < 1.29 is 18.7 Å². The summed E-state index contributed by atoms with van der Waals surface area (Å²) < 4.78 is 17.5. The van der Waals surface area contributed by atoms with Gasteiger partial charge < -0.3 is 15.0 Å². The van der Waals surface area contributed by atoms with Crippen molar-refractivity contribution in [3.05, 3.63) is 30.1 Å². The minimum Gasteiger partial charge on any atom is -0.453 e. The van der Waals surface area contributed by atoms with Gasteiger partial charge in [-0.3, -0.25) is 4.79 Å². The van der Waals surface area contributed by atoms with Gasteiger partial charge in [0.15, 0.2) is 0 Å². The van der Waals surface area contributed by atoms with Gasteiger partial charge >= 0.3 is 6.09 Å². The van der Waals surface area contributed by atoms with Crippen LogP contribution in [-0.4, -0.2) is 31.7 Å². The predicted octanol–water partition coefficient (Wildman–Crippen LogP) is 1.29. The fraction of sp³-hybridized carbons (Fsp3) is 0.333. The zero-order chi connectivity index (χ0) is 13.1. The molecular formula is C12H13FN2O3. The number of halogens is 1. The third-order valence-corrected chi connectivity index (χ3v) is 2.75. The van der Waals surface area contributed by atoms with Gasteiger partial charge in [0.05, 0.1) is 13.2 Å². The highest BCUT2D eigenvalue weighted by Crippen LogP contribution is 2.22. The quantitative estimate of drug-likeness (QED) is 0.862. The summed E-state index contributed by atoms with van der Waals surface area (Å²) in [4.78, 5) is 24.3. The van der Waals surface area contributed by atoms with Crippen LogP contribution in [0.5, 0.6) is 0 Å². The molecule has 5 nitrogen and oxygen atoms in total. The van der Waals surface area contributed by atoms with Gasteiger partial charge in [0.2, 0.25) is 5.91 Å². The Morgan fingerprint density at radius 3 is 3.00 bits per heavy atom. The van der Waals surface area contributed by atoms with Crippen molar-refractivity contribution in [3.63, 3.8) is 0 Å². The SMILES string of the molecule is COC(=O)N[C@H]1CC(=O)N(c2cccc(F)c2)C1. The molecule has 1 saturated heterocycles. The van der Waals surface area contributed by atoms with Crippen LogP contribution in [0.2, 0.25) is 0 Å². The monoisotopic (exact) mass is 252 g/mol. The number of methoxy groups -OCH3 is 1. The maximum Gasteiger partial charge on any atom is 0.407 e. The molecule has 1 aromatic rings. The first-order valence-electron chi connectivity index (χ1n) is 5.50. The fourth-order valence-corrected chi connectivity index (χ4v) is 1.92. The van der Waals surface area contributed by atoms with E-state index in [2.05, 4.69) is 10.1 Å². The van der Waals surface area contributed by atoms with Gasteiger partial charge in [-0.25, -0.2) is 9.18 Å². The van der Waals surface area contributed by atoms with Crippen molar-refractivity contribution in [1.82, 2.24) is 5.32 Å². The third-order valence-electron chi connectivity index (χ3n) is 2.75. The standard InChI is InChI=1S/C12H13FN2O3/c1-18-12(17)14-9-6-11(16)15(7-9)10-4-2-3-8(13)5-10/h2-5,9H,6-7H2,1H3,(H,14,17)/t9-/m0/s1. The largest absolute Gasteiger partial charge is 0.453 e. The maximum atomic E-state index is 13.1. The van der Waals surface area contributed by atoms with Crippen LogP contribution in [0, 0.1) is 5.82 Å². The lowest BCUT2D eigenvalue weighted by Gasteiger charge is -2.16. The zero-order valence-corrected chi connectivity index (χ0v) is 9.85. The summed E-state index contributed by atoms with van der Waals surface area (Å²) in [6.07, 6.45) is -0.389. The second-order valence-electron chi connectivity index (χ2n) is 4.02. The van der Waals surface area contributed by atoms with E-state index in [1.54, 1.807) is 12.1 Å². The Bertz CT molecular complexity index is 478. The molecule has 2 amide bonds. The number of hydrogen-bond acceptors (Lipinski definition) is 3. The van der Waals surface area contributed by atoms with E-state index in [9.17, 15) is 14.0 Å². The van der Waals surface area contributed by atoms with Crippen LogP contribution in [-0.2, 0) is 9.53 Å². The van der Waals surface area contributed by atoms with Crippen LogP contribution in [0.25, 0.3) is 0 Å². The number of ether oxygens (including phenoxy) is 1. The lowest BCUT2D eigenvalue weighted by Crippen LogP contribution is -2.37. The Kier molecular flexibility index (Phi) is 3.45. The third kappa shape index (κ3) is 2.58. The Morgan fingerprint density at radius 1 is 1.56 bits per heavy atom. The van der Waals surface area contributed by atoms with Crippen LogP contribution in [0.3, 0.4) is 0 Å². The number of alkyl carbamates (subject to hydrolysis) is 1. The van der Waals surface area contributed by atoms with Gasteiger partial charge in [-0.2, -0.15) is 0 Å². The molecule has 1 atom stereocenters.